The van der Waals surface area contributed by atoms with Gasteiger partial charge >= 0.3 is 0 Å². The maximum absolute atomic E-state index is 11.5. The van der Waals surface area contributed by atoms with Gasteiger partial charge in [-0.3, -0.25) is 9.28 Å². The summed E-state index contributed by atoms with van der Waals surface area (Å²) in [5.74, 6) is 1.27. The van der Waals surface area contributed by atoms with E-state index >= 15 is 0 Å². The molecule has 2 unspecified atom stereocenters. The molecule has 29 heavy (non-hydrogen) atoms. The molecule has 4 heteroatoms. The molecule has 1 N–H and O–H groups in total. The third kappa shape index (κ3) is 9.93. The summed E-state index contributed by atoms with van der Waals surface area (Å²) in [4.78, 5) is 16.3. The first-order chi connectivity index (χ1) is 14.1. The molecule has 0 aromatic rings. The zero-order valence-corrected chi connectivity index (χ0v) is 19.8. The number of carbonyl (C=O) groups is 1. The highest BCUT2D eigenvalue weighted by molar-refractivity contribution is 5.79. The largest absolute Gasteiger partial charge is 0.307 e. The molecule has 1 rings (SSSR count). The Balaban J connectivity index is 2.14. The van der Waals surface area contributed by atoms with Crippen molar-refractivity contribution in [3.05, 3.63) is 12.2 Å². The summed E-state index contributed by atoms with van der Waals surface area (Å²) in [6.45, 7) is 11.0. The number of amidine groups is 1. The van der Waals surface area contributed by atoms with Gasteiger partial charge in [0.1, 0.15) is 6.54 Å². The van der Waals surface area contributed by atoms with Gasteiger partial charge in [0.25, 0.3) is 0 Å². The van der Waals surface area contributed by atoms with E-state index in [0.29, 0.717) is 0 Å². The third-order valence-corrected chi connectivity index (χ3v) is 6.47. The van der Waals surface area contributed by atoms with Crippen molar-refractivity contribution in [2.24, 2.45) is 4.99 Å². The van der Waals surface area contributed by atoms with Gasteiger partial charge in [-0.2, -0.15) is 0 Å². The lowest BCUT2D eigenvalue weighted by Crippen LogP contribution is -2.62. The summed E-state index contributed by atoms with van der Waals surface area (Å²) in [6, 6.07) is 0. The number of nitrogens with one attached hydrogen (secondary N) is 1. The van der Waals surface area contributed by atoms with Gasteiger partial charge in [-0.15, -0.1) is 0 Å². The van der Waals surface area contributed by atoms with Gasteiger partial charge in [-0.1, -0.05) is 83.3 Å². The van der Waals surface area contributed by atoms with Gasteiger partial charge < -0.3 is 5.32 Å². The monoisotopic (exact) mass is 406 g/mol. The van der Waals surface area contributed by atoms with Crippen molar-refractivity contribution in [2.45, 2.75) is 117 Å². The zero-order chi connectivity index (χ0) is 21.4. The van der Waals surface area contributed by atoms with Crippen molar-refractivity contribution in [1.82, 2.24) is 5.32 Å². The highest BCUT2D eigenvalue weighted by Crippen LogP contribution is 2.21. The van der Waals surface area contributed by atoms with Crippen molar-refractivity contribution in [1.29, 1.82) is 0 Å². The quantitative estimate of drug-likeness (QED) is 0.170. The topological polar surface area (TPSA) is 41.5 Å². The van der Waals surface area contributed by atoms with Gasteiger partial charge in [0.05, 0.1) is 19.5 Å². The first-order valence-corrected chi connectivity index (χ1v) is 12.4. The summed E-state index contributed by atoms with van der Waals surface area (Å²) in [6.07, 6.45) is 22.2. The normalized spacial score (nSPS) is 20.2. The zero-order valence-electron chi connectivity index (χ0n) is 19.8. The summed E-state index contributed by atoms with van der Waals surface area (Å²) < 4.78 is 0.808. The molecule has 1 aliphatic heterocycles. The standard InChI is InChI=1S/C25H47N3O/c1-5-7-8-9-10-11-12-13-14-15-16-17-18-19-20-25-26-21-22-28(25,6-2)23(3)27-24(4)29/h18-19,23H,5-17,20-22H2,1-4H3/p+1/b19-18+. The van der Waals surface area contributed by atoms with Crippen LogP contribution in [0.4, 0.5) is 0 Å². The number of aliphatic imine (C=N–C) groups is 1. The minimum Gasteiger partial charge on any atom is -0.307 e. The Bertz CT molecular complexity index is 500. The molecule has 1 heterocycles. The maximum Gasteiger partial charge on any atom is 0.221 e. The number of hydrogen-bond donors (Lipinski definition) is 1. The molecule has 0 fully saturated rings. The Labute approximate surface area is 180 Å². The van der Waals surface area contributed by atoms with Crippen molar-refractivity contribution < 1.29 is 9.28 Å². The van der Waals surface area contributed by atoms with Crippen LogP contribution in [0.2, 0.25) is 0 Å². The van der Waals surface area contributed by atoms with E-state index in [-0.39, 0.29) is 12.1 Å². The highest BCUT2D eigenvalue weighted by atomic mass is 16.1. The fraction of sp³-hybridized carbons (Fsp3) is 0.840. The molecule has 0 bridgehead atoms. The van der Waals surface area contributed by atoms with Crippen LogP contribution in [-0.2, 0) is 4.79 Å². The molecule has 0 saturated carbocycles. The second kappa shape index (κ2) is 15.6. The molecule has 2 atom stereocenters. The lowest BCUT2D eigenvalue weighted by molar-refractivity contribution is -0.861. The Morgan fingerprint density at radius 3 is 2.14 bits per heavy atom. The number of unbranched alkanes of at least 4 members (excludes halogenated alkanes) is 11. The summed E-state index contributed by atoms with van der Waals surface area (Å²) in [5, 5.41) is 3.09. The maximum atomic E-state index is 11.5. The fourth-order valence-corrected chi connectivity index (χ4v) is 4.56. The van der Waals surface area contributed by atoms with Crippen LogP contribution in [0, 0.1) is 0 Å². The molecular formula is C25H48N3O+. The van der Waals surface area contributed by atoms with E-state index in [1.165, 1.54) is 82.9 Å². The molecule has 0 spiro atoms. The van der Waals surface area contributed by atoms with Crippen molar-refractivity contribution >= 4 is 11.7 Å². The minimum absolute atomic E-state index is 0.0433. The van der Waals surface area contributed by atoms with E-state index in [0.717, 1.165) is 30.5 Å². The molecule has 1 aliphatic rings. The minimum atomic E-state index is 0.0433. The highest BCUT2D eigenvalue weighted by Gasteiger charge is 2.41. The van der Waals surface area contributed by atoms with E-state index in [2.05, 4.69) is 38.2 Å². The smallest absolute Gasteiger partial charge is 0.221 e. The van der Waals surface area contributed by atoms with Crippen LogP contribution in [0.3, 0.4) is 0 Å². The van der Waals surface area contributed by atoms with Crippen LogP contribution in [0.5, 0.6) is 0 Å². The number of carbonyl (C=O) groups excluding carboxylic acids is 1. The van der Waals surface area contributed by atoms with E-state index in [9.17, 15) is 4.79 Å². The Morgan fingerprint density at radius 1 is 1.00 bits per heavy atom. The number of quaternary nitrogens is 1. The second-order valence-electron chi connectivity index (χ2n) is 8.75. The molecule has 0 aliphatic carbocycles. The lowest BCUT2D eigenvalue weighted by atomic mass is 10.1. The predicted octanol–water partition coefficient (Wildman–Crippen LogP) is 6.36. The number of nitrogens with zero attached hydrogens (tertiary/aromatic N) is 2. The Morgan fingerprint density at radius 2 is 1.59 bits per heavy atom. The van der Waals surface area contributed by atoms with E-state index in [1.54, 1.807) is 6.92 Å². The van der Waals surface area contributed by atoms with Crippen molar-refractivity contribution in [3.63, 3.8) is 0 Å². The molecular weight excluding hydrogens is 358 g/mol. The molecule has 168 valence electrons. The average Bonchev–Trinajstić information content (AvgIpc) is 3.12. The van der Waals surface area contributed by atoms with E-state index in [1.807, 2.05) is 0 Å². The fourth-order valence-electron chi connectivity index (χ4n) is 4.56. The number of amides is 1. The molecule has 0 aromatic carbocycles. The van der Waals surface area contributed by atoms with Crippen LogP contribution in [0.25, 0.3) is 0 Å². The van der Waals surface area contributed by atoms with E-state index < -0.39 is 0 Å². The number of hydrogen-bond acceptors (Lipinski definition) is 2. The van der Waals surface area contributed by atoms with Gasteiger partial charge in [-0.05, 0) is 19.8 Å². The summed E-state index contributed by atoms with van der Waals surface area (Å²) >= 11 is 0. The van der Waals surface area contributed by atoms with Gasteiger partial charge in [0.15, 0.2) is 6.17 Å². The van der Waals surface area contributed by atoms with Crippen LogP contribution < -0.4 is 5.32 Å². The molecule has 0 saturated heterocycles. The average molecular weight is 407 g/mol. The lowest BCUT2D eigenvalue weighted by Gasteiger charge is -2.39. The SMILES string of the molecule is CCCCCCCCCCCCC/C=C/CC1=NCC[N+]1(CC)C(C)NC(C)=O. The van der Waals surface area contributed by atoms with Crippen molar-refractivity contribution in [2.75, 3.05) is 19.6 Å². The number of allylic oxidation sites excluding steroid dienone is 1. The second-order valence-corrected chi connectivity index (χ2v) is 8.75. The van der Waals surface area contributed by atoms with Crippen LogP contribution >= 0.6 is 0 Å². The van der Waals surface area contributed by atoms with Gasteiger partial charge in [-0.25, -0.2) is 4.99 Å². The predicted molar refractivity (Wildman–Crippen MR) is 126 cm³/mol. The van der Waals surface area contributed by atoms with Crippen LogP contribution in [0.1, 0.15) is 111 Å². The Kier molecular flexibility index (Phi) is 14.0. The molecule has 4 nitrogen and oxygen atoms in total. The van der Waals surface area contributed by atoms with Gasteiger partial charge in [0.2, 0.25) is 11.7 Å². The van der Waals surface area contributed by atoms with Gasteiger partial charge in [0, 0.05) is 13.8 Å². The summed E-state index contributed by atoms with van der Waals surface area (Å²) in [5.41, 5.74) is 0. The van der Waals surface area contributed by atoms with Crippen molar-refractivity contribution in [3.8, 4) is 0 Å². The van der Waals surface area contributed by atoms with E-state index in [4.69, 9.17) is 4.99 Å². The Hall–Kier alpha value is -1.16. The molecule has 0 aromatic heterocycles. The summed E-state index contributed by atoms with van der Waals surface area (Å²) in [7, 11) is 0. The van der Waals surface area contributed by atoms with Crippen LogP contribution in [0.15, 0.2) is 17.1 Å². The van der Waals surface area contributed by atoms with Crippen LogP contribution in [-0.4, -0.2) is 42.0 Å². The first-order valence-electron chi connectivity index (χ1n) is 12.4. The third-order valence-electron chi connectivity index (χ3n) is 6.47. The first kappa shape index (κ1) is 25.9. The molecule has 0 radical (unpaired) electrons. The number of likely N-dealkylation sites (N-methyl/N-ethyl adjacent to an activating group) is 1. The molecule has 1 amide bonds. The number of rotatable bonds is 17.